The summed E-state index contributed by atoms with van der Waals surface area (Å²) in [7, 11) is 1.80. The van der Waals surface area contributed by atoms with E-state index in [1.165, 1.54) is 0 Å². The second-order valence-corrected chi connectivity index (χ2v) is 4.55. The number of aromatic nitrogens is 3. The molecule has 2 heterocycles. The van der Waals surface area contributed by atoms with Gasteiger partial charge >= 0.3 is 0 Å². The maximum atomic E-state index is 5.65. The van der Waals surface area contributed by atoms with E-state index in [-0.39, 0.29) is 6.10 Å². The zero-order valence-electron chi connectivity index (χ0n) is 11.6. The number of pyridine rings is 1. The number of rotatable bonds is 4. The van der Waals surface area contributed by atoms with Crippen LogP contribution in [0.3, 0.4) is 0 Å². The summed E-state index contributed by atoms with van der Waals surface area (Å²) in [6, 6.07) is 1.95. The van der Waals surface area contributed by atoms with Crippen molar-refractivity contribution in [2.75, 3.05) is 12.4 Å². The molecule has 2 rings (SSSR count). The Balaban J connectivity index is 2.41. The number of ether oxygens (including phenoxy) is 1. The Labute approximate surface area is 113 Å². The van der Waals surface area contributed by atoms with E-state index in [2.05, 4.69) is 20.3 Å². The lowest BCUT2D eigenvalue weighted by atomic mass is 10.1. The zero-order chi connectivity index (χ0) is 13.8. The van der Waals surface area contributed by atoms with Gasteiger partial charge < -0.3 is 10.1 Å². The Kier molecular flexibility index (Phi) is 3.94. The van der Waals surface area contributed by atoms with Crippen LogP contribution in [0.15, 0.2) is 24.7 Å². The van der Waals surface area contributed by atoms with Crippen molar-refractivity contribution in [3.05, 3.63) is 30.2 Å². The van der Waals surface area contributed by atoms with Crippen molar-refractivity contribution in [3.63, 3.8) is 0 Å². The van der Waals surface area contributed by atoms with E-state index >= 15 is 0 Å². The van der Waals surface area contributed by atoms with Crippen molar-refractivity contribution < 1.29 is 4.74 Å². The second-order valence-electron chi connectivity index (χ2n) is 4.55. The van der Waals surface area contributed by atoms with Crippen LogP contribution in [0, 0.1) is 6.92 Å². The average molecular weight is 258 g/mol. The van der Waals surface area contributed by atoms with Crippen LogP contribution in [-0.4, -0.2) is 28.1 Å². The van der Waals surface area contributed by atoms with E-state index in [1.807, 2.05) is 26.8 Å². The number of anilines is 1. The summed E-state index contributed by atoms with van der Waals surface area (Å²) < 4.78 is 5.65. The van der Waals surface area contributed by atoms with Gasteiger partial charge in [-0.05, 0) is 32.4 Å². The van der Waals surface area contributed by atoms with Crippen molar-refractivity contribution in [2.24, 2.45) is 0 Å². The van der Waals surface area contributed by atoms with Crippen LogP contribution in [-0.2, 0) is 0 Å². The second kappa shape index (κ2) is 5.65. The third-order valence-corrected chi connectivity index (χ3v) is 2.55. The molecule has 0 radical (unpaired) electrons. The fourth-order valence-corrected chi connectivity index (χ4v) is 1.74. The molecule has 0 atom stereocenters. The smallest absolute Gasteiger partial charge is 0.222 e. The molecular weight excluding hydrogens is 240 g/mol. The maximum Gasteiger partial charge on any atom is 0.222 e. The first-order chi connectivity index (χ1) is 9.10. The van der Waals surface area contributed by atoms with Crippen molar-refractivity contribution in [1.29, 1.82) is 0 Å². The van der Waals surface area contributed by atoms with Gasteiger partial charge in [0.2, 0.25) is 5.95 Å². The number of hydrogen-bond donors (Lipinski definition) is 1. The molecule has 0 aliphatic rings. The highest BCUT2D eigenvalue weighted by atomic mass is 16.5. The van der Waals surface area contributed by atoms with Gasteiger partial charge in [-0.15, -0.1) is 0 Å². The molecule has 19 heavy (non-hydrogen) atoms. The van der Waals surface area contributed by atoms with E-state index in [9.17, 15) is 0 Å². The highest BCUT2D eigenvalue weighted by molar-refractivity contribution is 5.64. The van der Waals surface area contributed by atoms with E-state index < -0.39 is 0 Å². The Bertz CT molecular complexity index is 569. The Morgan fingerprint density at radius 1 is 1.21 bits per heavy atom. The summed E-state index contributed by atoms with van der Waals surface area (Å²) in [6.45, 7) is 5.95. The highest BCUT2D eigenvalue weighted by Crippen LogP contribution is 2.24. The van der Waals surface area contributed by atoms with Gasteiger partial charge in [-0.3, -0.25) is 4.98 Å². The Hall–Kier alpha value is -2.17. The molecule has 5 nitrogen and oxygen atoms in total. The molecule has 2 aromatic heterocycles. The number of aryl methyl sites for hydroxylation is 1. The Morgan fingerprint density at radius 2 is 2.00 bits per heavy atom. The molecule has 0 aliphatic carbocycles. The van der Waals surface area contributed by atoms with Gasteiger partial charge in [0.25, 0.3) is 0 Å². The number of nitrogens with one attached hydrogen (secondary N) is 1. The standard InChI is InChI=1S/C14H18N4O/c1-9(2)19-12-5-11(7-16-8-12)13-10(3)6-17-14(15-4)18-13/h5-9H,1-4H3,(H,15,17,18). The van der Waals surface area contributed by atoms with Gasteiger partial charge in [0, 0.05) is 25.0 Å². The third-order valence-electron chi connectivity index (χ3n) is 2.55. The summed E-state index contributed by atoms with van der Waals surface area (Å²) in [6.07, 6.45) is 5.40. The molecule has 0 aliphatic heterocycles. The first-order valence-corrected chi connectivity index (χ1v) is 6.23. The molecule has 0 saturated carbocycles. The van der Waals surface area contributed by atoms with Gasteiger partial charge in [-0.25, -0.2) is 9.97 Å². The molecule has 0 fully saturated rings. The van der Waals surface area contributed by atoms with Gasteiger partial charge in [-0.1, -0.05) is 0 Å². The first-order valence-electron chi connectivity index (χ1n) is 6.23. The molecule has 5 heteroatoms. The molecular formula is C14H18N4O. The number of hydrogen-bond acceptors (Lipinski definition) is 5. The minimum Gasteiger partial charge on any atom is -0.489 e. The van der Waals surface area contributed by atoms with Crippen molar-refractivity contribution >= 4 is 5.95 Å². The zero-order valence-corrected chi connectivity index (χ0v) is 11.6. The fraction of sp³-hybridized carbons (Fsp3) is 0.357. The summed E-state index contributed by atoms with van der Waals surface area (Å²) in [5.74, 6) is 1.34. The van der Waals surface area contributed by atoms with Crippen LogP contribution < -0.4 is 10.1 Å². The Morgan fingerprint density at radius 3 is 2.68 bits per heavy atom. The molecule has 1 N–H and O–H groups in total. The van der Waals surface area contributed by atoms with Crippen LogP contribution in [0.4, 0.5) is 5.95 Å². The van der Waals surface area contributed by atoms with Gasteiger partial charge in [0.05, 0.1) is 18.0 Å². The lowest BCUT2D eigenvalue weighted by molar-refractivity contribution is 0.241. The molecule has 0 spiro atoms. The summed E-state index contributed by atoms with van der Waals surface area (Å²) in [5, 5.41) is 2.94. The SMILES string of the molecule is CNc1ncc(C)c(-c2cncc(OC(C)C)c2)n1. The van der Waals surface area contributed by atoms with Gasteiger partial charge in [0.15, 0.2) is 0 Å². The van der Waals surface area contributed by atoms with Crippen molar-refractivity contribution in [1.82, 2.24) is 15.0 Å². The van der Waals surface area contributed by atoms with Crippen molar-refractivity contribution in [3.8, 4) is 17.0 Å². The van der Waals surface area contributed by atoms with E-state index in [4.69, 9.17) is 4.74 Å². The highest BCUT2D eigenvalue weighted by Gasteiger charge is 2.08. The van der Waals surface area contributed by atoms with Crippen LogP contribution in [0.2, 0.25) is 0 Å². The van der Waals surface area contributed by atoms with E-state index in [1.54, 1.807) is 25.6 Å². The minimum atomic E-state index is 0.122. The molecule has 0 amide bonds. The molecule has 0 aromatic carbocycles. The predicted octanol–water partition coefficient (Wildman–Crippen LogP) is 2.68. The van der Waals surface area contributed by atoms with Crippen LogP contribution in [0.25, 0.3) is 11.3 Å². The quantitative estimate of drug-likeness (QED) is 0.913. The molecule has 2 aromatic rings. The average Bonchev–Trinajstić information content (AvgIpc) is 2.39. The maximum absolute atomic E-state index is 5.65. The first kappa shape index (κ1) is 13.3. The monoisotopic (exact) mass is 258 g/mol. The summed E-state index contributed by atoms with van der Waals surface area (Å²) >= 11 is 0. The lowest BCUT2D eigenvalue weighted by Crippen LogP contribution is -2.06. The van der Waals surface area contributed by atoms with E-state index in [0.717, 1.165) is 22.6 Å². The topological polar surface area (TPSA) is 59.9 Å². The lowest BCUT2D eigenvalue weighted by Gasteiger charge is -2.11. The van der Waals surface area contributed by atoms with Gasteiger partial charge in [0.1, 0.15) is 5.75 Å². The number of nitrogens with zero attached hydrogens (tertiary/aromatic N) is 3. The van der Waals surface area contributed by atoms with Gasteiger partial charge in [-0.2, -0.15) is 0 Å². The largest absolute Gasteiger partial charge is 0.489 e. The van der Waals surface area contributed by atoms with Crippen LogP contribution >= 0.6 is 0 Å². The van der Waals surface area contributed by atoms with Crippen LogP contribution in [0.5, 0.6) is 5.75 Å². The molecule has 0 saturated heterocycles. The third kappa shape index (κ3) is 3.19. The summed E-state index contributed by atoms with van der Waals surface area (Å²) in [4.78, 5) is 12.8. The molecule has 0 bridgehead atoms. The van der Waals surface area contributed by atoms with E-state index in [0.29, 0.717) is 5.95 Å². The fourth-order valence-electron chi connectivity index (χ4n) is 1.74. The van der Waals surface area contributed by atoms with Crippen LogP contribution in [0.1, 0.15) is 19.4 Å². The normalized spacial score (nSPS) is 10.6. The minimum absolute atomic E-state index is 0.122. The molecule has 0 unspecified atom stereocenters. The molecule has 100 valence electrons. The predicted molar refractivity (Wildman–Crippen MR) is 75.3 cm³/mol. The summed E-state index contributed by atoms with van der Waals surface area (Å²) in [5.41, 5.74) is 2.79. The van der Waals surface area contributed by atoms with Crippen molar-refractivity contribution in [2.45, 2.75) is 26.9 Å².